The lowest BCUT2D eigenvalue weighted by Crippen LogP contribution is -2.54. The van der Waals surface area contributed by atoms with Crippen molar-refractivity contribution < 1.29 is 51.1 Å². The number of hydrogen-bond donors (Lipinski definition) is 4. The number of anilines is 4. The van der Waals surface area contributed by atoms with E-state index in [0.29, 0.717) is 24.7 Å². The summed E-state index contributed by atoms with van der Waals surface area (Å²) in [6.07, 6.45) is -0.609. The van der Waals surface area contributed by atoms with Crippen LogP contribution in [0.15, 0.2) is 66.7 Å². The summed E-state index contributed by atoms with van der Waals surface area (Å²) in [5.74, 6) is 1.54. The highest BCUT2D eigenvalue weighted by Crippen LogP contribution is 2.34. The highest BCUT2D eigenvalue weighted by molar-refractivity contribution is 6.25. The van der Waals surface area contributed by atoms with E-state index in [4.69, 9.17) is 0 Å². The van der Waals surface area contributed by atoms with Gasteiger partial charge in [0.25, 0.3) is 17.7 Å². The van der Waals surface area contributed by atoms with Crippen LogP contribution in [0.5, 0.6) is 0 Å². The average Bonchev–Trinajstić information content (AvgIpc) is 3.79. The molecule has 3 aliphatic heterocycles. The minimum Gasteiger partial charge on any atom is -0.384 e. The molecule has 4 aromatic rings. The molecule has 2 saturated heterocycles. The molecule has 2 atom stereocenters. The Balaban J connectivity index is 0.862. The third kappa shape index (κ3) is 10.6. The molecule has 0 spiro atoms. The molecule has 4 N–H and O–H groups in total. The summed E-state index contributed by atoms with van der Waals surface area (Å²) in [7, 11) is 0. The molecule has 3 aliphatic rings. The second-order valence-corrected chi connectivity index (χ2v) is 15.6. The van der Waals surface area contributed by atoms with E-state index in [0.717, 1.165) is 58.6 Å². The van der Waals surface area contributed by atoms with Crippen LogP contribution in [0.1, 0.15) is 89.0 Å². The van der Waals surface area contributed by atoms with Gasteiger partial charge in [-0.15, -0.1) is 10.2 Å². The number of nitrogens with one attached hydrogen (secondary N) is 4. The Bertz CT molecular complexity index is 2630. The molecule has 8 amide bonds. The van der Waals surface area contributed by atoms with Crippen molar-refractivity contribution in [1.29, 1.82) is 0 Å². The third-order valence-electron chi connectivity index (χ3n) is 10.9. The number of benzene rings is 2. The number of aryl methyl sites for hydroxylation is 1. The molecular formula is C45H42F4N10O7. The van der Waals surface area contributed by atoms with Crippen molar-refractivity contribution in [2.24, 2.45) is 0 Å². The minimum absolute atomic E-state index is 0.0204. The lowest BCUT2D eigenvalue weighted by molar-refractivity contribution is -0.138. The van der Waals surface area contributed by atoms with Gasteiger partial charge < -0.3 is 16.0 Å². The van der Waals surface area contributed by atoms with Crippen molar-refractivity contribution in [2.75, 3.05) is 40.1 Å². The van der Waals surface area contributed by atoms with E-state index in [1.165, 1.54) is 37.3 Å². The first kappa shape index (κ1) is 46.2. The van der Waals surface area contributed by atoms with E-state index in [1.54, 1.807) is 12.1 Å². The number of carbonyl (C=O) groups excluding carboxylic acids is 7. The smallest absolute Gasteiger partial charge is 0.384 e. The maximum atomic E-state index is 14.0. The zero-order valence-corrected chi connectivity index (χ0v) is 35.3. The molecule has 5 heterocycles. The predicted octanol–water partition coefficient (Wildman–Crippen LogP) is 5.11. The molecule has 0 bridgehead atoms. The Morgan fingerprint density at radius 3 is 2.39 bits per heavy atom. The number of imide groups is 2. The number of carbonyl (C=O) groups is 7. The van der Waals surface area contributed by atoms with Crippen molar-refractivity contribution in [3.05, 3.63) is 101 Å². The minimum atomic E-state index is -4.73. The van der Waals surface area contributed by atoms with Crippen LogP contribution in [0.4, 0.5) is 45.4 Å². The quantitative estimate of drug-likeness (QED) is 0.0532. The molecule has 0 radical (unpaired) electrons. The van der Waals surface area contributed by atoms with Crippen LogP contribution in [-0.4, -0.2) is 93.3 Å². The Labute approximate surface area is 374 Å². The highest BCUT2D eigenvalue weighted by atomic mass is 19.4. The normalized spacial score (nSPS) is 16.9. The van der Waals surface area contributed by atoms with E-state index in [-0.39, 0.29) is 78.1 Å². The highest BCUT2D eigenvalue weighted by Gasteiger charge is 2.46. The van der Waals surface area contributed by atoms with Gasteiger partial charge in [-0.05, 0) is 92.8 Å². The van der Waals surface area contributed by atoms with Crippen molar-refractivity contribution in [2.45, 2.75) is 76.6 Å². The van der Waals surface area contributed by atoms with Crippen molar-refractivity contribution in [3.8, 4) is 11.8 Å². The number of piperidine rings is 1. The number of rotatable bonds is 15. The van der Waals surface area contributed by atoms with E-state index >= 15 is 0 Å². The van der Waals surface area contributed by atoms with E-state index in [9.17, 15) is 51.1 Å². The molecule has 7 rings (SSSR count). The van der Waals surface area contributed by atoms with Crippen LogP contribution in [0, 0.1) is 24.6 Å². The largest absolute Gasteiger partial charge is 0.416 e. The molecule has 0 saturated carbocycles. The van der Waals surface area contributed by atoms with Gasteiger partial charge in [0.2, 0.25) is 17.7 Å². The number of fused-ring (bicyclic) bond motifs is 1. The summed E-state index contributed by atoms with van der Waals surface area (Å²) in [4.78, 5) is 96.9. The Morgan fingerprint density at radius 1 is 0.909 bits per heavy atom. The Kier molecular flexibility index (Phi) is 14.0. The number of urea groups is 1. The number of hydrogen-bond acceptors (Lipinski definition) is 11. The van der Waals surface area contributed by atoms with Gasteiger partial charge >= 0.3 is 12.2 Å². The first-order valence-corrected chi connectivity index (χ1v) is 21.0. The van der Waals surface area contributed by atoms with Crippen LogP contribution in [-0.2, 0) is 25.4 Å². The van der Waals surface area contributed by atoms with Crippen LogP contribution in [0.25, 0.3) is 0 Å². The zero-order valence-electron chi connectivity index (χ0n) is 35.3. The molecule has 2 fully saturated rings. The zero-order chi connectivity index (χ0) is 47.1. The summed E-state index contributed by atoms with van der Waals surface area (Å²) in [6.45, 7) is 1.31. The third-order valence-corrected chi connectivity index (χ3v) is 10.9. The van der Waals surface area contributed by atoms with Crippen molar-refractivity contribution >= 4 is 64.5 Å². The monoisotopic (exact) mass is 910 g/mol. The lowest BCUT2D eigenvalue weighted by atomic mass is 10.0. The second kappa shape index (κ2) is 20.0. The van der Waals surface area contributed by atoms with Gasteiger partial charge in [0.05, 0.1) is 23.2 Å². The number of halogens is 4. The lowest BCUT2D eigenvalue weighted by Gasteiger charge is -2.28. The summed E-state index contributed by atoms with van der Waals surface area (Å²) < 4.78 is 54.7. The van der Waals surface area contributed by atoms with Gasteiger partial charge in [0.1, 0.15) is 29.4 Å². The fraction of sp³-hybridized carbons (Fsp3) is 0.333. The molecule has 21 heteroatoms. The summed E-state index contributed by atoms with van der Waals surface area (Å²) >= 11 is 0. The van der Waals surface area contributed by atoms with Crippen molar-refractivity contribution in [1.82, 2.24) is 30.7 Å². The second-order valence-electron chi connectivity index (χ2n) is 15.6. The molecule has 0 aliphatic carbocycles. The van der Waals surface area contributed by atoms with Gasteiger partial charge in [-0.1, -0.05) is 31.2 Å². The standard InChI is InChI=1S/C45H42F4N10O7/c1-26-23-27(45(47,48)49)24-36(52-26)58-34(25-51-44(58)66)42(64)57(30-16-13-28(46)14-17-30)22-8-9-29-15-19-35(56-55-29)53-37(60)12-5-3-2-4-6-21-50-32-11-7-10-31-39(32)43(65)59(41(31)63)33-18-20-38(61)54-40(33)62/h7,10-11,13-17,19,23-24,33-34,50H,2-6,12,18,20-22,25H2,1H3,(H,51,66)(H,53,56,60)(H,54,61,62)/t33?,34-/m0/s1. The molecule has 342 valence electrons. The maximum absolute atomic E-state index is 14.0. The van der Waals surface area contributed by atoms with Crippen LogP contribution < -0.4 is 31.1 Å². The molecule has 2 aromatic carbocycles. The van der Waals surface area contributed by atoms with Crippen LogP contribution in [0.3, 0.4) is 0 Å². The topological polar surface area (TPSA) is 216 Å². The van der Waals surface area contributed by atoms with Gasteiger partial charge in [0, 0.05) is 43.0 Å². The Hall–Kier alpha value is -7.76. The number of aromatic nitrogens is 3. The first-order valence-electron chi connectivity index (χ1n) is 21.0. The van der Waals surface area contributed by atoms with Crippen molar-refractivity contribution in [3.63, 3.8) is 0 Å². The fourth-order valence-corrected chi connectivity index (χ4v) is 7.71. The number of amides is 8. The van der Waals surface area contributed by atoms with E-state index < -0.39 is 65.2 Å². The maximum Gasteiger partial charge on any atom is 0.416 e. The van der Waals surface area contributed by atoms with E-state index in [1.807, 2.05) is 0 Å². The number of unbranched alkanes of at least 4 members (excludes halogenated alkanes) is 4. The first-order chi connectivity index (χ1) is 31.6. The summed E-state index contributed by atoms with van der Waals surface area (Å²) in [5, 5.41) is 18.6. The fourth-order valence-electron chi connectivity index (χ4n) is 7.71. The molecule has 1 unspecified atom stereocenters. The molecule has 2 aromatic heterocycles. The van der Waals surface area contributed by atoms with E-state index in [2.05, 4.69) is 48.3 Å². The molecule has 17 nitrogen and oxygen atoms in total. The predicted molar refractivity (Wildman–Crippen MR) is 229 cm³/mol. The summed E-state index contributed by atoms with van der Waals surface area (Å²) in [6, 6.07) is 11.1. The summed E-state index contributed by atoms with van der Waals surface area (Å²) in [5.41, 5.74) is 0.209. The molecule has 66 heavy (non-hydrogen) atoms. The Morgan fingerprint density at radius 2 is 1.67 bits per heavy atom. The van der Waals surface area contributed by atoms with Gasteiger partial charge in [-0.3, -0.25) is 48.8 Å². The number of pyridine rings is 1. The SMILES string of the molecule is Cc1cc(C(F)(F)F)cc(N2C(=O)NC[C@H]2C(=O)N(CC#Cc2ccc(NC(=O)CCCCCCCNc3cccc4c3C(=O)N(C3CCC(=O)NC3=O)C4=O)nn2)c2ccc(F)cc2)n1. The number of nitrogens with zero attached hydrogens (tertiary/aromatic N) is 6. The van der Waals surface area contributed by atoms with Crippen LogP contribution >= 0.6 is 0 Å². The van der Waals surface area contributed by atoms with Gasteiger partial charge in [-0.25, -0.2) is 14.2 Å². The van der Waals surface area contributed by atoms with Crippen LogP contribution in [0.2, 0.25) is 0 Å². The number of alkyl halides is 3. The van der Waals surface area contributed by atoms with Gasteiger partial charge in [0.15, 0.2) is 5.82 Å². The van der Waals surface area contributed by atoms with Gasteiger partial charge in [-0.2, -0.15) is 13.2 Å². The average molecular weight is 911 g/mol. The molecular weight excluding hydrogens is 869 g/mol.